The van der Waals surface area contributed by atoms with Gasteiger partial charge in [-0.3, -0.25) is 0 Å². The maximum absolute atomic E-state index is 12.4. The van der Waals surface area contributed by atoms with E-state index in [0.29, 0.717) is 17.1 Å². The van der Waals surface area contributed by atoms with Crippen LogP contribution in [0.2, 0.25) is 0 Å². The van der Waals surface area contributed by atoms with Crippen molar-refractivity contribution in [2.24, 2.45) is 16.5 Å². The number of carbonyl (C=O) groups is 1. The van der Waals surface area contributed by atoms with Crippen molar-refractivity contribution in [1.29, 1.82) is 0 Å². The highest BCUT2D eigenvalue weighted by Gasteiger charge is 2.09. The summed E-state index contributed by atoms with van der Waals surface area (Å²) in [6.07, 6.45) is 0. The van der Waals surface area contributed by atoms with Crippen LogP contribution in [0.4, 0.5) is 33.2 Å². The van der Waals surface area contributed by atoms with E-state index in [1.165, 1.54) is 0 Å². The summed E-state index contributed by atoms with van der Waals surface area (Å²) in [5.41, 5.74) is 16.4. The van der Waals surface area contributed by atoms with Gasteiger partial charge in [0.25, 0.3) is 0 Å². The molecule has 1 aromatic heterocycles. The van der Waals surface area contributed by atoms with E-state index in [2.05, 4.69) is 33.1 Å². The van der Waals surface area contributed by atoms with Gasteiger partial charge in [0.2, 0.25) is 0 Å². The summed E-state index contributed by atoms with van der Waals surface area (Å²) < 4.78 is 0. The molecule has 0 bridgehead atoms. The smallest absolute Gasteiger partial charge is 0.323 e. The zero-order chi connectivity index (χ0) is 24.2. The zero-order valence-electron chi connectivity index (χ0n) is 19.5. The van der Waals surface area contributed by atoms with Gasteiger partial charge in [0.15, 0.2) is 5.96 Å². The number of para-hydroxylation sites is 2. The van der Waals surface area contributed by atoms with E-state index < -0.39 is 0 Å². The molecule has 0 aliphatic carbocycles. The number of urea groups is 1. The maximum atomic E-state index is 12.4. The summed E-state index contributed by atoms with van der Waals surface area (Å²) in [6, 6.07) is 30.1. The first-order chi connectivity index (χ1) is 17.0. The molecule has 5 rings (SSSR count). The number of halogens is 2. The monoisotopic (exact) mass is 533 g/mol. The van der Waals surface area contributed by atoms with E-state index in [9.17, 15) is 4.79 Å². The highest BCUT2D eigenvalue weighted by atomic mass is 35.5. The topological polar surface area (TPSA) is 130 Å². The molecule has 10 heteroatoms. The molecule has 8 nitrogen and oxygen atoms in total. The number of aliphatic imine (C=N–C) groups is 1. The molecular weight excluding hydrogens is 509 g/mol. The number of aromatic nitrogens is 1. The molecule has 0 saturated heterocycles. The summed E-state index contributed by atoms with van der Waals surface area (Å²) in [6.45, 7) is 0. The minimum atomic E-state index is -0.355. The first kappa shape index (κ1) is 27.1. The molecule has 0 fully saturated rings. The van der Waals surface area contributed by atoms with Gasteiger partial charge < -0.3 is 27.4 Å². The summed E-state index contributed by atoms with van der Waals surface area (Å²) in [5, 5.41) is 11.2. The lowest BCUT2D eigenvalue weighted by molar-refractivity contribution is 0.262. The SMILES string of the molecule is Cl.Cl.NC(N)=Nc1ccc(NC(=O)Nc2ccc(Nc3c4ccccc4nc4ccccc34)cc2)cc1. The average molecular weight is 534 g/mol. The zero-order valence-corrected chi connectivity index (χ0v) is 21.1. The van der Waals surface area contributed by atoms with Crippen LogP contribution in [0.3, 0.4) is 0 Å². The van der Waals surface area contributed by atoms with Gasteiger partial charge in [-0.25, -0.2) is 14.8 Å². The molecule has 7 N–H and O–H groups in total. The van der Waals surface area contributed by atoms with Crippen molar-refractivity contribution < 1.29 is 4.79 Å². The number of pyridine rings is 1. The van der Waals surface area contributed by atoms with E-state index in [-0.39, 0.29) is 36.8 Å². The molecule has 0 saturated carbocycles. The molecule has 2 amide bonds. The van der Waals surface area contributed by atoms with E-state index in [4.69, 9.17) is 16.5 Å². The van der Waals surface area contributed by atoms with Crippen molar-refractivity contribution in [3.63, 3.8) is 0 Å². The van der Waals surface area contributed by atoms with Crippen LogP contribution in [-0.4, -0.2) is 17.0 Å². The number of fused-ring (bicyclic) bond motifs is 2. The number of carbonyl (C=O) groups excluding carboxylic acids is 1. The van der Waals surface area contributed by atoms with Gasteiger partial charge >= 0.3 is 6.03 Å². The number of anilines is 4. The van der Waals surface area contributed by atoms with Gasteiger partial charge in [0.05, 0.1) is 22.4 Å². The Bertz CT molecular complexity index is 1500. The van der Waals surface area contributed by atoms with E-state index in [0.717, 1.165) is 33.2 Å². The number of amides is 2. The average Bonchev–Trinajstić information content (AvgIpc) is 2.86. The fourth-order valence-corrected chi connectivity index (χ4v) is 3.82. The van der Waals surface area contributed by atoms with Crippen LogP contribution in [0, 0.1) is 0 Å². The third kappa shape index (κ3) is 6.38. The Labute approximate surface area is 226 Å². The second-order valence-corrected chi connectivity index (χ2v) is 7.89. The molecule has 0 aliphatic heterocycles. The summed E-state index contributed by atoms with van der Waals surface area (Å²) in [5.74, 6) is -0.0216. The van der Waals surface area contributed by atoms with Crippen molar-refractivity contribution in [1.82, 2.24) is 4.98 Å². The molecule has 0 atom stereocenters. The Balaban J connectivity index is 0.00000190. The number of nitrogens with two attached hydrogens (primary N) is 2. The lowest BCUT2D eigenvalue weighted by Crippen LogP contribution is -2.21. The number of nitrogens with one attached hydrogen (secondary N) is 3. The van der Waals surface area contributed by atoms with Gasteiger partial charge in [-0.15, -0.1) is 24.8 Å². The Hall–Kier alpha value is -4.53. The summed E-state index contributed by atoms with van der Waals surface area (Å²) in [7, 11) is 0. The van der Waals surface area contributed by atoms with Gasteiger partial charge in [0.1, 0.15) is 0 Å². The molecule has 188 valence electrons. The molecule has 1 heterocycles. The van der Waals surface area contributed by atoms with Crippen molar-refractivity contribution >= 4 is 87.0 Å². The second-order valence-electron chi connectivity index (χ2n) is 7.89. The minimum absolute atomic E-state index is 0. The van der Waals surface area contributed by atoms with Crippen molar-refractivity contribution in [3.8, 4) is 0 Å². The molecule has 0 radical (unpaired) electrons. The molecule has 0 unspecified atom stereocenters. The fraction of sp³-hybridized carbons (Fsp3) is 0. The second kappa shape index (κ2) is 11.9. The van der Waals surface area contributed by atoms with E-state index in [1.54, 1.807) is 24.3 Å². The fourth-order valence-electron chi connectivity index (χ4n) is 3.82. The summed E-state index contributed by atoms with van der Waals surface area (Å²) >= 11 is 0. The van der Waals surface area contributed by atoms with Crippen molar-refractivity contribution in [2.75, 3.05) is 16.0 Å². The van der Waals surface area contributed by atoms with Crippen molar-refractivity contribution in [2.45, 2.75) is 0 Å². The van der Waals surface area contributed by atoms with E-state index >= 15 is 0 Å². The standard InChI is InChI=1S/C27H23N7O.2ClH/c28-26(29)31-18-11-15-20(16-12-18)33-27(35)32-19-13-9-17(10-14-19)30-25-21-5-1-3-7-23(21)34-24-8-4-2-6-22(24)25;;/h1-16H,(H,30,34)(H4,28,29,31)(H2,32,33,35);2*1H. The minimum Gasteiger partial charge on any atom is -0.370 e. The molecule has 4 aromatic carbocycles. The van der Waals surface area contributed by atoms with Gasteiger partial charge in [-0.05, 0) is 60.7 Å². The molecular formula is C27H25Cl2N7O. The van der Waals surface area contributed by atoms with Crippen LogP contribution in [0.5, 0.6) is 0 Å². The number of benzene rings is 4. The highest BCUT2D eigenvalue weighted by Crippen LogP contribution is 2.33. The van der Waals surface area contributed by atoms with E-state index in [1.807, 2.05) is 60.7 Å². The van der Waals surface area contributed by atoms with Crippen LogP contribution >= 0.6 is 24.8 Å². The normalized spacial score (nSPS) is 10.1. The lowest BCUT2D eigenvalue weighted by Gasteiger charge is -2.14. The van der Waals surface area contributed by atoms with Crippen molar-refractivity contribution in [3.05, 3.63) is 97.1 Å². The molecule has 0 spiro atoms. The number of nitrogens with zero attached hydrogens (tertiary/aromatic N) is 2. The number of hydrogen-bond acceptors (Lipinski definition) is 4. The van der Waals surface area contributed by atoms with Crippen LogP contribution in [0.25, 0.3) is 21.8 Å². The van der Waals surface area contributed by atoms with Gasteiger partial charge in [-0.1, -0.05) is 36.4 Å². The molecule has 0 aliphatic rings. The molecule has 5 aromatic rings. The predicted octanol–water partition coefficient (Wildman–Crippen LogP) is 6.52. The van der Waals surface area contributed by atoms with Gasteiger partial charge in [0, 0.05) is 27.8 Å². The Morgan fingerprint density at radius 3 is 1.62 bits per heavy atom. The van der Waals surface area contributed by atoms with Crippen LogP contribution in [0.1, 0.15) is 0 Å². The first-order valence-corrected chi connectivity index (χ1v) is 11.0. The quantitative estimate of drug-likeness (QED) is 0.0995. The lowest BCUT2D eigenvalue weighted by atomic mass is 10.1. The third-order valence-corrected chi connectivity index (χ3v) is 5.38. The predicted molar refractivity (Wildman–Crippen MR) is 158 cm³/mol. The first-order valence-electron chi connectivity index (χ1n) is 11.0. The maximum Gasteiger partial charge on any atom is 0.323 e. The third-order valence-electron chi connectivity index (χ3n) is 5.38. The summed E-state index contributed by atoms with van der Waals surface area (Å²) in [4.78, 5) is 21.1. The number of rotatable bonds is 5. The largest absolute Gasteiger partial charge is 0.370 e. The Morgan fingerprint density at radius 1 is 0.649 bits per heavy atom. The van der Waals surface area contributed by atoms with Crippen LogP contribution < -0.4 is 27.4 Å². The number of guanidine groups is 1. The van der Waals surface area contributed by atoms with Gasteiger partial charge in [-0.2, -0.15) is 0 Å². The molecule has 37 heavy (non-hydrogen) atoms. The number of hydrogen-bond donors (Lipinski definition) is 5. The Morgan fingerprint density at radius 2 is 1.11 bits per heavy atom. The Kier molecular flexibility index (Phi) is 8.73. The van der Waals surface area contributed by atoms with Crippen LogP contribution in [-0.2, 0) is 0 Å². The highest BCUT2D eigenvalue weighted by molar-refractivity contribution is 6.08. The van der Waals surface area contributed by atoms with Crippen LogP contribution in [0.15, 0.2) is 102 Å².